The second-order valence-electron chi connectivity index (χ2n) is 6.15. The van der Waals surface area contributed by atoms with Gasteiger partial charge in [-0.2, -0.15) is 13.2 Å². The summed E-state index contributed by atoms with van der Waals surface area (Å²) in [6.45, 7) is 2.53. The van der Waals surface area contributed by atoms with Crippen molar-refractivity contribution in [3.05, 3.63) is 35.4 Å². The van der Waals surface area contributed by atoms with Crippen LogP contribution in [0.15, 0.2) is 24.3 Å². The zero-order valence-corrected chi connectivity index (χ0v) is 13.4. The van der Waals surface area contributed by atoms with E-state index >= 15 is 0 Å². The number of alkyl halides is 3. The third-order valence-electron chi connectivity index (χ3n) is 4.32. The molecule has 0 aromatic heterocycles. The Bertz CT molecular complexity index is 480. The Kier molecular flexibility index (Phi) is 5.47. The summed E-state index contributed by atoms with van der Waals surface area (Å²) >= 11 is 0. The predicted octanol–water partition coefficient (Wildman–Crippen LogP) is 3.08. The molecule has 22 heavy (non-hydrogen) atoms. The summed E-state index contributed by atoms with van der Waals surface area (Å²) in [5.74, 6) is 0. The van der Waals surface area contributed by atoms with Crippen molar-refractivity contribution in [2.45, 2.75) is 31.6 Å². The lowest BCUT2D eigenvalue weighted by molar-refractivity contribution is -0.137. The summed E-state index contributed by atoms with van der Waals surface area (Å²) in [5.41, 5.74) is 0.146. The van der Waals surface area contributed by atoms with E-state index in [-0.39, 0.29) is 0 Å². The zero-order valence-electron chi connectivity index (χ0n) is 13.4. The molecule has 0 atom stereocenters. The van der Waals surface area contributed by atoms with E-state index in [2.05, 4.69) is 14.9 Å². The van der Waals surface area contributed by atoms with Gasteiger partial charge in [-0.05, 0) is 31.5 Å². The number of piperidine rings is 1. The van der Waals surface area contributed by atoms with Gasteiger partial charge in [-0.3, -0.25) is 4.90 Å². The third kappa shape index (κ3) is 4.44. The van der Waals surface area contributed by atoms with Gasteiger partial charge in [-0.15, -0.1) is 0 Å². The lowest BCUT2D eigenvalue weighted by atomic mass is 10.0. The highest BCUT2D eigenvalue weighted by Crippen LogP contribution is 2.30. The summed E-state index contributed by atoms with van der Waals surface area (Å²) in [6, 6.07) is 6.05. The fourth-order valence-electron chi connectivity index (χ4n) is 2.96. The zero-order chi connectivity index (χ0) is 16.3. The van der Waals surface area contributed by atoms with Crippen molar-refractivity contribution in [2.24, 2.45) is 0 Å². The van der Waals surface area contributed by atoms with Gasteiger partial charge in [-0.1, -0.05) is 18.2 Å². The maximum Gasteiger partial charge on any atom is 0.416 e. The van der Waals surface area contributed by atoms with Gasteiger partial charge in [0, 0.05) is 39.8 Å². The topological polar surface area (TPSA) is 9.72 Å². The fourth-order valence-corrected chi connectivity index (χ4v) is 2.96. The lowest BCUT2D eigenvalue weighted by Gasteiger charge is -2.39. The van der Waals surface area contributed by atoms with Crippen molar-refractivity contribution in [3.63, 3.8) is 0 Å². The van der Waals surface area contributed by atoms with Crippen LogP contribution in [0.4, 0.5) is 13.2 Å². The summed E-state index contributed by atoms with van der Waals surface area (Å²) in [5, 5.41) is 4.39. The fraction of sp³-hybridized carbons (Fsp3) is 0.625. The molecule has 6 heteroatoms. The second kappa shape index (κ2) is 6.98. The predicted molar refractivity (Wildman–Crippen MR) is 81.2 cm³/mol. The minimum atomic E-state index is -4.27. The Morgan fingerprint density at radius 3 is 2.32 bits per heavy atom. The van der Waals surface area contributed by atoms with E-state index in [1.165, 1.54) is 12.1 Å². The number of hydrazine groups is 1. The van der Waals surface area contributed by atoms with Crippen LogP contribution in [0.5, 0.6) is 0 Å². The molecule has 1 heterocycles. The smallest absolute Gasteiger partial charge is 0.299 e. The van der Waals surface area contributed by atoms with E-state index in [1.54, 1.807) is 6.07 Å². The molecule has 0 spiro atoms. The highest BCUT2D eigenvalue weighted by atomic mass is 19.4. The Hall–Kier alpha value is -1.11. The van der Waals surface area contributed by atoms with Crippen LogP contribution in [0.3, 0.4) is 0 Å². The molecule has 0 radical (unpaired) electrons. The quantitative estimate of drug-likeness (QED) is 0.845. The molecular weight excluding hydrogens is 291 g/mol. The van der Waals surface area contributed by atoms with E-state index in [0.717, 1.165) is 32.0 Å². The lowest BCUT2D eigenvalue weighted by Crippen LogP contribution is -2.47. The van der Waals surface area contributed by atoms with Crippen molar-refractivity contribution in [3.8, 4) is 0 Å². The van der Waals surface area contributed by atoms with Crippen LogP contribution in [0.1, 0.15) is 24.0 Å². The molecule has 0 bridgehead atoms. The summed E-state index contributed by atoms with van der Waals surface area (Å²) in [4.78, 5) is 2.17. The largest absolute Gasteiger partial charge is 0.416 e. The molecule has 124 valence electrons. The molecule has 0 saturated carbocycles. The number of benzene rings is 1. The number of hydrogen-bond acceptors (Lipinski definition) is 3. The van der Waals surface area contributed by atoms with Gasteiger partial charge in [0.2, 0.25) is 0 Å². The molecule has 1 aliphatic heterocycles. The Labute approximate surface area is 130 Å². The van der Waals surface area contributed by atoms with Crippen LogP contribution in [-0.4, -0.2) is 55.2 Å². The van der Waals surface area contributed by atoms with Crippen LogP contribution in [0.25, 0.3) is 0 Å². The minimum absolute atomic E-state index is 0.422. The third-order valence-corrected chi connectivity index (χ3v) is 4.32. The van der Waals surface area contributed by atoms with E-state index in [9.17, 15) is 13.2 Å². The molecule has 1 fully saturated rings. The molecule has 1 saturated heterocycles. The van der Waals surface area contributed by atoms with Gasteiger partial charge in [-0.25, -0.2) is 10.0 Å². The van der Waals surface area contributed by atoms with Crippen molar-refractivity contribution >= 4 is 0 Å². The SMILES string of the molecule is CN(Cc1cccc(C(F)(F)F)c1)C1CCN(N(C)C)CC1. The molecule has 0 unspecified atom stereocenters. The van der Waals surface area contributed by atoms with Gasteiger partial charge in [0.1, 0.15) is 0 Å². The van der Waals surface area contributed by atoms with E-state index < -0.39 is 11.7 Å². The van der Waals surface area contributed by atoms with Crippen molar-refractivity contribution in [1.29, 1.82) is 0 Å². The van der Waals surface area contributed by atoms with E-state index in [1.807, 2.05) is 21.1 Å². The molecule has 0 N–H and O–H groups in total. The average molecular weight is 315 g/mol. The van der Waals surface area contributed by atoms with Gasteiger partial charge in [0.05, 0.1) is 5.56 Å². The van der Waals surface area contributed by atoms with Crippen LogP contribution in [0, 0.1) is 0 Å². The van der Waals surface area contributed by atoms with Gasteiger partial charge < -0.3 is 0 Å². The van der Waals surface area contributed by atoms with Crippen LogP contribution in [0.2, 0.25) is 0 Å². The first-order valence-electron chi connectivity index (χ1n) is 7.56. The first-order valence-corrected chi connectivity index (χ1v) is 7.56. The summed E-state index contributed by atoms with van der Waals surface area (Å²) in [6.07, 6.45) is -2.20. The average Bonchev–Trinajstić information content (AvgIpc) is 2.46. The molecule has 3 nitrogen and oxygen atoms in total. The summed E-state index contributed by atoms with van der Waals surface area (Å²) in [7, 11) is 6.07. The molecule has 1 aliphatic rings. The summed E-state index contributed by atoms with van der Waals surface area (Å²) < 4.78 is 38.3. The van der Waals surface area contributed by atoms with Crippen molar-refractivity contribution in [1.82, 2.24) is 14.9 Å². The van der Waals surface area contributed by atoms with Crippen molar-refractivity contribution in [2.75, 3.05) is 34.2 Å². The van der Waals surface area contributed by atoms with Crippen LogP contribution in [-0.2, 0) is 12.7 Å². The van der Waals surface area contributed by atoms with Gasteiger partial charge >= 0.3 is 6.18 Å². The first kappa shape index (κ1) is 17.2. The molecular formula is C16H24F3N3. The normalized spacial score (nSPS) is 18.4. The minimum Gasteiger partial charge on any atom is -0.299 e. The van der Waals surface area contributed by atoms with E-state index in [4.69, 9.17) is 0 Å². The maximum absolute atomic E-state index is 12.8. The number of rotatable bonds is 4. The highest BCUT2D eigenvalue weighted by Gasteiger charge is 2.30. The van der Waals surface area contributed by atoms with Crippen molar-refractivity contribution < 1.29 is 13.2 Å². The maximum atomic E-state index is 12.8. The highest BCUT2D eigenvalue weighted by molar-refractivity contribution is 5.25. The molecule has 2 rings (SSSR count). The first-order chi connectivity index (χ1) is 10.3. The molecule has 0 amide bonds. The van der Waals surface area contributed by atoms with Crippen LogP contribution >= 0.6 is 0 Å². The Balaban J connectivity index is 1.94. The monoisotopic (exact) mass is 315 g/mol. The number of nitrogens with zero attached hydrogens (tertiary/aromatic N) is 3. The second-order valence-corrected chi connectivity index (χ2v) is 6.15. The molecule has 1 aromatic carbocycles. The number of hydrogen-bond donors (Lipinski definition) is 0. The van der Waals surface area contributed by atoms with Gasteiger partial charge in [0.15, 0.2) is 0 Å². The number of halogens is 3. The Morgan fingerprint density at radius 2 is 1.77 bits per heavy atom. The standard InChI is InChI=1S/C16H24F3N3/c1-20(2)22-9-7-15(8-10-22)21(3)12-13-5-4-6-14(11-13)16(17,18)19/h4-6,11,15H,7-10,12H2,1-3H3. The van der Waals surface area contributed by atoms with Crippen LogP contribution < -0.4 is 0 Å². The molecule has 1 aromatic rings. The van der Waals surface area contributed by atoms with Gasteiger partial charge in [0.25, 0.3) is 0 Å². The Morgan fingerprint density at radius 1 is 1.14 bits per heavy atom. The molecule has 0 aliphatic carbocycles. The van der Waals surface area contributed by atoms with E-state index in [0.29, 0.717) is 18.2 Å².